The van der Waals surface area contributed by atoms with Crippen molar-refractivity contribution < 1.29 is 27.8 Å². The van der Waals surface area contributed by atoms with Crippen molar-refractivity contribution in [3.8, 4) is 5.75 Å². The minimum atomic E-state index is -1.67. The molecule has 3 nitrogen and oxygen atoms in total. The molecule has 0 amide bonds. The molecule has 0 aliphatic rings. The van der Waals surface area contributed by atoms with Crippen LogP contribution in [-0.2, 0) is 4.79 Å². The molecule has 92 valence electrons. The molecule has 1 aromatic carbocycles. The minimum Gasteiger partial charge on any atom is -0.478 e. The molecule has 0 saturated heterocycles. The fourth-order valence-electron chi connectivity index (χ4n) is 0.961. The average molecular weight is 311 g/mol. The van der Waals surface area contributed by atoms with Gasteiger partial charge in [0.2, 0.25) is 5.82 Å². The van der Waals surface area contributed by atoms with Gasteiger partial charge >= 0.3 is 5.97 Å². The Morgan fingerprint density at radius 2 is 2.00 bits per heavy atom. The Morgan fingerprint density at radius 1 is 1.35 bits per heavy atom. The summed E-state index contributed by atoms with van der Waals surface area (Å²) in [5.74, 6) is -6.58. The molecule has 7 heteroatoms. The summed E-state index contributed by atoms with van der Waals surface area (Å²) in [7, 11) is 0. The maximum absolute atomic E-state index is 13.2. The highest BCUT2D eigenvalue weighted by Crippen LogP contribution is 2.23. The lowest BCUT2D eigenvalue weighted by Crippen LogP contribution is -2.04. The van der Waals surface area contributed by atoms with Gasteiger partial charge in [0.25, 0.3) is 0 Å². The largest absolute Gasteiger partial charge is 0.478 e. The second-order valence-electron chi connectivity index (χ2n) is 2.86. The number of benzene rings is 1. The highest BCUT2D eigenvalue weighted by molar-refractivity contribution is 9.09. The van der Waals surface area contributed by atoms with Crippen molar-refractivity contribution >= 4 is 21.9 Å². The summed E-state index contributed by atoms with van der Waals surface area (Å²) in [6.45, 7) is 0. The first-order valence-corrected chi connectivity index (χ1v) is 5.38. The Labute approximate surface area is 103 Å². The van der Waals surface area contributed by atoms with Crippen LogP contribution in [0.1, 0.15) is 0 Å². The van der Waals surface area contributed by atoms with Crippen LogP contribution in [0.15, 0.2) is 24.0 Å². The number of carboxylic acids is 1. The van der Waals surface area contributed by atoms with E-state index in [1.54, 1.807) is 0 Å². The Kier molecular flexibility index (Phi) is 4.56. The van der Waals surface area contributed by atoms with E-state index in [1.807, 2.05) is 0 Å². The molecule has 0 heterocycles. The highest BCUT2D eigenvalue weighted by atomic mass is 79.9. The van der Waals surface area contributed by atoms with Crippen molar-refractivity contribution in [3.63, 3.8) is 0 Å². The maximum atomic E-state index is 13.2. The Bertz CT molecular complexity index is 474. The van der Waals surface area contributed by atoms with Crippen LogP contribution in [0.25, 0.3) is 0 Å². The normalized spacial score (nSPS) is 11.4. The lowest BCUT2D eigenvalue weighted by molar-refractivity contribution is -0.131. The van der Waals surface area contributed by atoms with Gasteiger partial charge in [-0.1, -0.05) is 15.9 Å². The molecule has 17 heavy (non-hydrogen) atoms. The summed E-state index contributed by atoms with van der Waals surface area (Å²) in [6, 6.07) is 1.55. The molecule has 0 saturated carbocycles. The molecule has 0 atom stereocenters. The van der Waals surface area contributed by atoms with Crippen LogP contribution in [0.3, 0.4) is 0 Å². The maximum Gasteiger partial charge on any atom is 0.331 e. The molecule has 0 bridgehead atoms. The van der Waals surface area contributed by atoms with Crippen molar-refractivity contribution in [2.75, 3.05) is 5.33 Å². The van der Waals surface area contributed by atoms with Crippen molar-refractivity contribution in [2.24, 2.45) is 0 Å². The van der Waals surface area contributed by atoms with E-state index in [0.29, 0.717) is 12.1 Å². The zero-order chi connectivity index (χ0) is 13.0. The molecule has 1 N–H and O–H groups in total. The Morgan fingerprint density at radius 3 is 2.53 bits per heavy atom. The second-order valence-corrected chi connectivity index (χ2v) is 3.42. The van der Waals surface area contributed by atoms with Crippen LogP contribution in [-0.4, -0.2) is 16.4 Å². The molecular weight excluding hydrogens is 305 g/mol. The van der Waals surface area contributed by atoms with E-state index in [0.717, 1.165) is 6.07 Å². The van der Waals surface area contributed by atoms with E-state index < -0.39 is 29.2 Å². The number of alkyl halides is 1. The van der Waals surface area contributed by atoms with Crippen molar-refractivity contribution in [1.82, 2.24) is 0 Å². The minimum absolute atomic E-state index is 0.0161. The van der Waals surface area contributed by atoms with Gasteiger partial charge in [0.15, 0.2) is 17.4 Å². The third-order valence-electron chi connectivity index (χ3n) is 1.66. The fraction of sp³-hybridized carbons (Fsp3) is 0.100. The van der Waals surface area contributed by atoms with Crippen molar-refractivity contribution in [3.05, 3.63) is 41.4 Å². The van der Waals surface area contributed by atoms with Crippen LogP contribution in [0.5, 0.6) is 5.75 Å². The zero-order valence-electron chi connectivity index (χ0n) is 8.21. The summed E-state index contributed by atoms with van der Waals surface area (Å²) >= 11 is 2.91. The van der Waals surface area contributed by atoms with Gasteiger partial charge in [0.05, 0.1) is 11.4 Å². The molecule has 0 aromatic heterocycles. The molecular formula is C10H6BrF3O3. The van der Waals surface area contributed by atoms with Crippen LogP contribution >= 0.6 is 15.9 Å². The smallest absolute Gasteiger partial charge is 0.331 e. The van der Waals surface area contributed by atoms with Crippen LogP contribution in [0.4, 0.5) is 13.2 Å². The van der Waals surface area contributed by atoms with Gasteiger partial charge in [0, 0.05) is 0 Å². The lowest BCUT2D eigenvalue weighted by Gasteiger charge is -2.08. The summed E-state index contributed by atoms with van der Waals surface area (Å²) < 4.78 is 43.4. The number of ether oxygens (including phenoxy) is 1. The number of hydrogen-bond donors (Lipinski definition) is 1. The monoisotopic (exact) mass is 310 g/mol. The molecule has 0 spiro atoms. The third-order valence-corrected chi connectivity index (χ3v) is 2.21. The quantitative estimate of drug-likeness (QED) is 0.402. The SMILES string of the molecule is O=C(O)/C=C(\CBr)Oc1ccc(F)c(F)c1F. The molecule has 0 aliphatic heterocycles. The van der Waals surface area contributed by atoms with E-state index in [1.165, 1.54) is 0 Å². The van der Waals surface area contributed by atoms with Gasteiger partial charge in [-0.25, -0.2) is 13.6 Å². The topological polar surface area (TPSA) is 46.5 Å². The molecule has 0 fully saturated rings. The van der Waals surface area contributed by atoms with Crippen molar-refractivity contribution in [1.29, 1.82) is 0 Å². The van der Waals surface area contributed by atoms with Gasteiger partial charge < -0.3 is 9.84 Å². The van der Waals surface area contributed by atoms with Crippen LogP contribution in [0, 0.1) is 17.5 Å². The molecule has 1 rings (SSSR count). The van der Waals surface area contributed by atoms with E-state index in [-0.39, 0.29) is 11.1 Å². The lowest BCUT2D eigenvalue weighted by atomic mass is 10.3. The predicted molar refractivity (Wildman–Crippen MR) is 56.5 cm³/mol. The van der Waals surface area contributed by atoms with Crippen molar-refractivity contribution in [2.45, 2.75) is 0 Å². The van der Waals surface area contributed by atoms with E-state index in [9.17, 15) is 18.0 Å². The van der Waals surface area contributed by atoms with Gasteiger partial charge in [0.1, 0.15) is 5.76 Å². The fourth-order valence-corrected chi connectivity index (χ4v) is 1.24. The number of hydrogen-bond acceptors (Lipinski definition) is 2. The molecule has 0 radical (unpaired) electrons. The first-order valence-electron chi connectivity index (χ1n) is 4.26. The van der Waals surface area contributed by atoms with E-state index in [4.69, 9.17) is 9.84 Å². The Balaban J connectivity index is 3.03. The molecule has 0 aliphatic carbocycles. The summed E-state index contributed by atoms with van der Waals surface area (Å²) in [6.07, 6.45) is 0.676. The number of halogens is 4. The number of carbonyl (C=O) groups is 1. The number of allylic oxidation sites excluding steroid dienone is 1. The van der Waals surface area contributed by atoms with Gasteiger partial charge in [-0.3, -0.25) is 0 Å². The average Bonchev–Trinajstić information content (AvgIpc) is 2.28. The number of carboxylic acid groups (broad SMARTS) is 1. The summed E-state index contributed by atoms with van der Waals surface area (Å²) in [5, 5.41) is 8.44. The summed E-state index contributed by atoms with van der Waals surface area (Å²) in [4.78, 5) is 10.4. The Hall–Kier alpha value is -1.50. The van der Waals surface area contributed by atoms with Crippen LogP contribution in [0.2, 0.25) is 0 Å². The van der Waals surface area contributed by atoms with Crippen LogP contribution < -0.4 is 4.74 Å². The predicted octanol–water partition coefficient (Wildman–Crippen LogP) is 2.85. The second kappa shape index (κ2) is 5.72. The van der Waals surface area contributed by atoms with E-state index >= 15 is 0 Å². The van der Waals surface area contributed by atoms with Gasteiger partial charge in [-0.05, 0) is 12.1 Å². The zero-order valence-corrected chi connectivity index (χ0v) is 9.80. The third kappa shape index (κ3) is 3.48. The van der Waals surface area contributed by atoms with E-state index in [2.05, 4.69) is 15.9 Å². The van der Waals surface area contributed by atoms with Gasteiger partial charge in [-0.15, -0.1) is 0 Å². The summed E-state index contributed by atoms with van der Waals surface area (Å²) in [5.41, 5.74) is 0. The number of aliphatic carboxylic acids is 1. The van der Waals surface area contributed by atoms with Gasteiger partial charge in [-0.2, -0.15) is 4.39 Å². The highest BCUT2D eigenvalue weighted by Gasteiger charge is 2.15. The molecule has 1 aromatic rings. The first kappa shape index (κ1) is 13.6. The standard InChI is InChI=1S/C10H6BrF3O3/c11-4-5(3-8(15)16)17-7-2-1-6(12)9(13)10(7)14/h1-3H,4H2,(H,15,16)/b5-3+. The first-order chi connectivity index (χ1) is 7.95. The molecule has 0 unspecified atom stereocenters. The number of rotatable bonds is 4.